The summed E-state index contributed by atoms with van der Waals surface area (Å²) in [4.78, 5) is 2.05. The molecular weight excluding hydrogens is 222 g/mol. The Morgan fingerprint density at radius 3 is 3.08 bits per heavy atom. The first kappa shape index (κ1) is 10.4. The summed E-state index contributed by atoms with van der Waals surface area (Å²) in [5.74, 6) is 0. The summed E-state index contributed by atoms with van der Waals surface area (Å²) in [6.45, 7) is 4.40. The molecule has 4 heteroatoms. The van der Waals surface area contributed by atoms with Crippen LogP contribution < -0.4 is 0 Å². The number of ether oxygens (including phenoxy) is 1. The van der Waals surface area contributed by atoms with Crippen molar-refractivity contribution in [2.24, 2.45) is 0 Å². The molecule has 0 spiro atoms. The first-order chi connectivity index (χ1) is 5.74. The van der Waals surface area contributed by atoms with Gasteiger partial charge >= 0.3 is 0 Å². The number of nitrogens with zero attached hydrogens (tertiary/aromatic N) is 1. The number of aliphatic hydroxyl groups is 1. The molecule has 1 fully saturated rings. The van der Waals surface area contributed by atoms with E-state index in [1.807, 2.05) is 4.90 Å². The molecule has 1 heterocycles. The molecule has 0 aliphatic carbocycles. The van der Waals surface area contributed by atoms with Crippen LogP contribution in [0.25, 0.3) is 0 Å². The number of morpholine rings is 1. The first-order valence-electron chi connectivity index (χ1n) is 4.42. The van der Waals surface area contributed by atoms with Gasteiger partial charge in [0.25, 0.3) is 0 Å². The summed E-state index contributed by atoms with van der Waals surface area (Å²) >= 11 is 3.37. The molecule has 0 saturated carbocycles. The van der Waals surface area contributed by atoms with Crippen molar-refractivity contribution >= 4 is 15.9 Å². The van der Waals surface area contributed by atoms with Crippen LogP contribution in [-0.4, -0.2) is 40.9 Å². The maximum atomic E-state index is 9.64. The van der Waals surface area contributed by atoms with E-state index in [2.05, 4.69) is 22.9 Å². The predicted molar refractivity (Wildman–Crippen MR) is 51.2 cm³/mol. The third kappa shape index (κ3) is 3.01. The van der Waals surface area contributed by atoms with Gasteiger partial charge in [0, 0.05) is 13.1 Å². The Morgan fingerprint density at radius 1 is 1.75 bits per heavy atom. The van der Waals surface area contributed by atoms with Gasteiger partial charge in [0.2, 0.25) is 0 Å². The number of hydrogen-bond acceptors (Lipinski definition) is 3. The fourth-order valence-corrected chi connectivity index (χ4v) is 1.90. The van der Waals surface area contributed by atoms with Crippen LogP contribution in [0.15, 0.2) is 0 Å². The van der Waals surface area contributed by atoms with Gasteiger partial charge in [0.15, 0.2) is 0 Å². The highest BCUT2D eigenvalue weighted by Gasteiger charge is 2.22. The Labute approximate surface area is 81.8 Å². The van der Waals surface area contributed by atoms with E-state index >= 15 is 0 Å². The highest BCUT2D eigenvalue weighted by atomic mass is 79.9. The van der Waals surface area contributed by atoms with Gasteiger partial charge in [-0.3, -0.25) is 4.90 Å². The first-order valence-corrected chi connectivity index (χ1v) is 5.33. The molecule has 0 bridgehead atoms. The molecule has 1 N–H and O–H groups in total. The Hall–Kier alpha value is 0.360. The van der Waals surface area contributed by atoms with Crippen molar-refractivity contribution in [2.45, 2.75) is 31.0 Å². The van der Waals surface area contributed by atoms with Crippen molar-refractivity contribution in [2.75, 3.05) is 19.7 Å². The minimum atomic E-state index is -0.293. The van der Waals surface area contributed by atoms with Gasteiger partial charge in [-0.2, -0.15) is 0 Å². The maximum Gasteiger partial charge on any atom is 0.125 e. The van der Waals surface area contributed by atoms with E-state index in [0.717, 1.165) is 25.9 Å². The average molecular weight is 238 g/mol. The number of hydrogen-bond donors (Lipinski definition) is 1. The smallest absolute Gasteiger partial charge is 0.125 e. The van der Waals surface area contributed by atoms with Gasteiger partial charge in [0.1, 0.15) is 11.2 Å². The van der Waals surface area contributed by atoms with Crippen molar-refractivity contribution < 1.29 is 9.84 Å². The molecule has 0 radical (unpaired) electrons. The van der Waals surface area contributed by atoms with E-state index in [4.69, 9.17) is 4.74 Å². The van der Waals surface area contributed by atoms with Gasteiger partial charge in [0.05, 0.1) is 6.61 Å². The SMILES string of the molecule is CCCC(O)N1CCOC(Br)C1. The molecule has 3 nitrogen and oxygen atoms in total. The zero-order chi connectivity index (χ0) is 8.97. The summed E-state index contributed by atoms with van der Waals surface area (Å²) in [6, 6.07) is 0. The molecule has 2 unspecified atom stereocenters. The zero-order valence-electron chi connectivity index (χ0n) is 7.37. The van der Waals surface area contributed by atoms with Crippen LogP contribution in [0.2, 0.25) is 0 Å². The maximum absolute atomic E-state index is 9.64. The molecule has 1 aliphatic heterocycles. The van der Waals surface area contributed by atoms with Crippen LogP contribution in [0, 0.1) is 0 Å². The summed E-state index contributed by atoms with van der Waals surface area (Å²) in [7, 11) is 0. The Balaban J connectivity index is 2.29. The summed E-state index contributed by atoms with van der Waals surface area (Å²) < 4.78 is 5.30. The lowest BCUT2D eigenvalue weighted by atomic mass is 10.2. The number of rotatable bonds is 3. The molecule has 0 aromatic carbocycles. The van der Waals surface area contributed by atoms with Crippen LogP contribution in [-0.2, 0) is 4.74 Å². The monoisotopic (exact) mass is 237 g/mol. The fourth-order valence-electron chi connectivity index (χ4n) is 1.34. The van der Waals surface area contributed by atoms with Gasteiger partial charge in [-0.1, -0.05) is 29.3 Å². The van der Waals surface area contributed by atoms with Crippen LogP contribution >= 0.6 is 15.9 Å². The molecule has 1 aliphatic rings. The number of halogens is 1. The summed E-state index contributed by atoms with van der Waals surface area (Å²) in [5, 5.41) is 9.72. The van der Waals surface area contributed by atoms with E-state index < -0.39 is 0 Å². The molecule has 0 aromatic heterocycles. The van der Waals surface area contributed by atoms with E-state index in [-0.39, 0.29) is 11.2 Å². The average Bonchev–Trinajstić information content (AvgIpc) is 2.05. The zero-order valence-corrected chi connectivity index (χ0v) is 8.96. The minimum absolute atomic E-state index is 0.0813. The quantitative estimate of drug-likeness (QED) is 0.749. The Bertz CT molecular complexity index is 134. The van der Waals surface area contributed by atoms with E-state index in [9.17, 15) is 5.11 Å². The predicted octanol–water partition coefficient (Wildman–Crippen LogP) is 1.16. The van der Waals surface area contributed by atoms with Crippen LogP contribution in [0.4, 0.5) is 0 Å². The molecule has 0 aromatic rings. The molecule has 1 saturated heterocycles. The van der Waals surface area contributed by atoms with Gasteiger partial charge < -0.3 is 9.84 Å². The second kappa shape index (κ2) is 5.17. The Kier molecular flexibility index (Phi) is 4.50. The lowest BCUT2D eigenvalue weighted by molar-refractivity contribution is -0.0693. The standard InChI is InChI=1S/C8H16BrNO2/c1-2-3-8(11)10-4-5-12-7(9)6-10/h7-8,11H,2-6H2,1H3. The van der Waals surface area contributed by atoms with Gasteiger partial charge in [-0.25, -0.2) is 0 Å². The second-order valence-corrected chi connectivity index (χ2v) is 4.07. The molecule has 2 atom stereocenters. The molecular formula is C8H16BrNO2. The highest BCUT2D eigenvalue weighted by molar-refractivity contribution is 9.09. The number of aliphatic hydroxyl groups excluding tert-OH is 1. The van der Waals surface area contributed by atoms with E-state index in [1.165, 1.54) is 0 Å². The van der Waals surface area contributed by atoms with Gasteiger partial charge in [-0.15, -0.1) is 0 Å². The van der Waals surface area contributed by atoms with E-state index in [0.29, 0.717) is 6.61 Å². The normalized spacial score (nSPS) is 28.8. The number of alkyl halides is 1. The van der Waals surface area contributed by atoms with Gasteiger partial charge in [-0.05, 0) is 6.42 Å². The van der Waals surface area contributed by atoms with Crippen molar-refractivity contribution in [3.63, 3.8) is 0 Å². The Morgan fingerprint density at radius 2 is 2.50 bits per heavy atom. The van der Waals surface area contributed by atoms with E-state index in [1.54, 1.807) is 0 Å². The van der Waals surface area contributed by atoms with Crippen LogP contribution in [0.3, 0.4) is 0 Å². The summed E-state index contributed by atoms with van der Waals surface area (Å²) in [5.41, 5.74) is 0. The van der Waals surface area contributed by atoms with Crippen LogP contribution in [0.1, 0.15) is 19.8 Å². The van der Waals surface area contributed by atoms with Crippen molar-refractivity contribution in [3.8, 4) is 0 Å². The third-order valence-electron chi connectivity index (χ3n) is 2.02. The molecule has 12 heavy (non-hydrogen) atoms. The fraction of sp³-hybridized carbons (Fsp3) is 1.00. The molecule has 0 amide bonds. The topological polar surface area (TPSA) is 32.7 Å². The molecule has 1 rings (SSSR count). The summed E-state index contributed by atoms with van der Waals surface area (Å²) in [6.07, 6.45) is 1.57. The lowest BCUT2D eigenvalue weighted by Crippen LogP contribution is -2.45. The minimum Gasteiger partial charge on any atom is -0.378 e. The van der Waals surface area contributed by atoms with Crippen molar-refractivity contribution in [3.05, 3.63) is 0 Å². The van der Waals surface area contributed by atoms with Crippen molar-refractivity contribution in [1.29, 1.82) is 0 Å². The molecule has 72 valence electrons. The second-order valence-electron chi connectivity index (χ2n) is 3.05. The lowest BCUT2D eigenvalue weighted by Gasteiger charge is -2.33. The third-order valence-corrected chi connectivity index (χ3v) is 2.58. The largest absolute Gasteiger partial charge is 0.378 e. The van der Waals surface area contributed by atoms with Crippen molar-refractivity contribution in [1.82, 2.24) is 4.90 Å². The van der Waals surface area contributed by atoms with Crippen LogP contribution in [0.5, 0.6) is 0 Å². The highest BCUT2D eigenvalue weighted by Crippen LogP contribution is 2.14.